The Labute approximate surface area is 123 Å². The first-order valence-corrected chi connectivity index (χ1v) is 7.06. The molecule has 3 N–H and O–H groups in total. The summed E-state index contributed by atoms with van der Waals surface area (Å²) in [5.74, 6) is -1.96. The molecule has 0 aromatic carbocycles. The van der Waals surface area contributed by atoms with E-state index < -0.39 is 30.4 Å². The molecule has 1 aliphatic rings. The molecule has 0 spiro atoms. The third-order valence-electron chi connectivity index (χ3n) is 3.36. The van der Waals surface area contributed by atoms with E-state index in [4.69, 9.17) is 5.11 Å². The summed E-state index contributed by atoms with van der Waals surface area (Å²) in [6.45, 7) is 4.15. The van der Waals surface area contributed by atoms with Gasteiger partial charge in [0.15, 0.2) is 0 Å². The normalized spacial score (nSPS) is 15.4. The number of esters is 1. The predicted octanol–water partition coefficient (Wildman–Crippen LogP) is -0.214. The van der Waals surface area contributed by atoms with Gasteiger partial charge in [0.1, 0.15) is 6.04 Å². The number of amides is 2. The van der Waals surface area contributed by atoms with Crippen molar-refractivity contribution in [3.8, 4) is 0 Å². The van der Waals surface area contributed by atoms with E-state index in [0.29, 0.717) is 12.6 Å². The number of aliphatic carboxylic acids is 1. The van der Waals surface area contributed by atoms with E-state index in [2.05, 4.69) is 27.2 Å². The molecule has 0 aromatic heterocycles. The van der Waals surface area contributed by atoms with Gasteiger partial charge in [-0.1, -0.05) is 6.92 Å². The lowest BCUT2D eigenvalue weighted by Crippen LogP contribution is -2.48. The molecule has 120 valence electrons. The average Bonchev–Trinajstić information content (AvgIpc) is 3.27. The van der Waals surface area contributed by atoms with E-state index in [1.54, 1.807) is 0 Å². The molecule has 1 fully saturated rings. The summed E-state index contributed by atoms with van der Waals surface area (Å²) in [5, 5.41) is 13.8. The predicted molar refractivity (Wildman–Crippen MR) is 74.9 cm³/mol. The van der Waals surface area contributed by atoms with Crippen molar-refractivity contribution in [3.05, 3.63) is 0 Å². The molecule has 8 heteroatoms. The summed E-state index contributed by atoms with van der Waals surface area (Å²) in [4.78, 5) is 35.9. The van der Waals surface area contributed by atoms with Gasteiger partial charge in [-0.05, 0) is 19.4 Å². The summed E-state index contributed by atoms with van der Waals surface area (Å²) >= 11 is 0. The minimum Gasteiger partial charge on any atom is -0.480 e. The zero-order chi connectivity index (χ0) is 15.8. The Morgan fingerprint density at radius 1 is 1.38 bits per heavy atom. The van der Waals surface area contributed by atoms with Crippen LogP contribution in [0.1, 0.15) is 26.2 Å². The molecule has 1 aliphatic carbocycles. The highest BCUT2D eigenvalue weighted by molar-refractivity contribution is 5.86. The van der Waals surface area contributed by atoms with Crippen LogP contribution >= 0.6 is 0 Å². The van der Waals surface area contributed by atoms with Gasteiger partial charge in [0.2, 0.25) is 0 Å². The van der Waals surface area contributed by atoms with Crippen molar-refractivity contribution in [3.63, 3.8) is 0 Å². The third kappa shape index (κ3) is 6.44. The summed E-state index contributed by atoms with van der Waals surface area (Å²) in [5.41, 5.74) is 0. The number of ether oxygens (including phenoxy) is 1. The number of carbonyl (C=O) groups excluding carboxylic acids is 2. The van der Waals surface area contributed by atoms with Gasteiger partial charge in [-0.25, -0.2) is 9.59 Å². The molecule has 1 atom stereocenters. The van der Waals surface area contributed by atoms with Crippen molar-refractivity contribution < 1.29 is 24.2 Å². The first-order chi connectivity index (χ1) is 9.97. The Hall–Kier alpha value is -1.83. The van der Waals surface area contributed by atoms with Crippen molar-refractivity contribution in [1.29, 1.82) is 0 Å². The lowest BCUT2D eigenvalue weighted by molar-refractivity contribution is -0.147. The van der Waals surface area contributed by atoms with Crippen LogP contribution in [0.2, 0.25) is 0 Å². The fraction of sp³-hybridized carbons (Fsp3) is 0.769. The van der Waals surface area contributed by atoms with Gasteiger partial charge in [0, 0.05) is 19.1 Å². The molecule has 1 saturated carbocycles. The molecule has 0 bridgehead atoms. The van der Waals surface area contributed by atoms with E-state index >= 15 is 0 Å². The second-order valence-corrected chi connectivity index (χ2v) is 4.93. The molecule has 1 rings (SSSR count). The van der Waals surface area contributed by atoms with Crippen LogP contribution in [-0.4, -0.2) is 66.8 Å². The standard InChI is InChI=1S/C13H23N3O5/c1-3-16(9-4-5-9)7-6-14-13(20)15-10(12(18)19)8-11(17)21-2/h9-10H,3-8H2,1-2H3,(H,18,19)(H2,14,15,20)/t10-/m0/s1. The summed E-state index contributed by atoms with van der Waals surface area (Å²) < 4.78 is 4.39. The summed E-state index contributed by atoms with van der Waals surface area (Å²) in [6, 6.07) is -1.27. The van der Waals surface area contributed by atoms with E-state index in [0.717, 1.165) is 13.1 Å². The van der Waals surface area contributed by atoms with E-state index in [1.165, 1.54) is 20.0 Å². The van der Waals surface area contributed by atoms with Gasteiger partial charge >= 0.3 is 18.0 Å². The Balaban J connectivity index is 2.29. The van der Waals surface area contributed by atoms with Gasteiger partial charge < -0.3 is 20.5 Å². The van der Waals surface area contributed by atoms with Gasteiger partial charge in [-0.15, -0.1) is 0 Å². The summed E-state index contributed by atoms with van der Waals surface area (Å²) in [6.07, 6.45) is 1.99. The maximum atomic E-state index is 11.6. The Kier molecular flexibility index (Phi) is 6.93. The molecule has 0 heterocycles. The lowest BCUT2D eigenvalue weighted by Gasteiger charge is -2.20. The van der Waals surface area contributed by atoms with Crippen molar-refractivity contribution >= 4 is 18.0 Å². The van der Waals surface area contributed by atoms with E-state index in [9.17, 15) is 14.4 Å². The highest BCUT2D eigenvalue weighted by Gasteiger charge is 2.27. The molecule has 21 heavy (non-hydrogen) atoms. The van der Waals surface area contributed by atoms with Gasteiger partial charge in [-0.2, -0.15) is 0 Å². The van der Waals surface area contributed by atoms with Crippen LogP contribution in [0.15, 0.2) is 0 Å². The number of nitrogens with zero attached hydrogens (tertiary/aromatic N) is 1. The smallest absolute Gasteiger partial charge is 0.326 e. The van der Waals surface area contributed by atoms with Crippen LogP contribution < -0.4 is 10.6 Å². The molecule has 0 radical (unpaired) electrons. The van der Waals surface area contributed by atoms with Crippen LogP contribution in [0.25, 0.3) is 0 Å². The van der Waals surface area contributed by atoms with Crippen molar-refractivity contribution in [2.24, 2.45) is 0 Å². The Morgan fingerprint density at radius 3 is 2.52 bits per heavy atom. The largest absolute Gasteiger partial charge is 0.480 e. The van der Waals surface area contributed by atoms with Gasteiger partial charge in [0.25, 0.3) is 0 Å². The SMILES string of the molecule is CCN(CCNC(=O)N[C@@H](CC(=O)OC)C(=O)O)C1CC1. The molecule has 0 aromatic rings. The second kappa shape index (κ2) is 8.46. The van der Waals surface area contributed by atoms with Crippen LogP contribution in [0.4, 0.5) is 4.79 Å². The van der Waals surface area contributed by atoms with Crippen molar-refractivity contribution in [2.45, 2.75) is 38.3 Å². The highest BCUT2D eigenvalue weighted by atomic mass is 16.5. The first-order valence-electron chi connectivity index (χ1n) is 7.06. The highest BCUT2D eigenvalue weighted by Crippen LogP contribution is 2.25. The van der Waals surface area contributed by atoms with Gasteiger partial charge in [-0.3, -0.25) is 9.69 Å². The minimum absolute atomic E-state index is 0.400. The number of urea groups is 1. The van der Waals surface area contributed by atoms with Crippen molar-refractivity contribution in [1.82, 2.24) is 15.5 Å². The Morgan fingerprint density at radius 2 is 2.05 bits per heavy atom. The number of carbonyl (C=O) groups is 3. The van der Waals surface area contributed by atoms with Crippen LogP contribution in [-0.2, 0) is 14.3 Å². The molecule has 0 saturated heterocycles. The number of hydrogen-bond donors (Lipinski definition) is 3. The van der Waals surface area contributed by atoms with Crippen LogP contribution in [0.5, 0.6) is 0 Å². The Bertz CT molecular complexity index is 384. The van der Waals surface area contributed by atoms with E-state index in [1.807, 2.05) is 0 Å². The number of carboxylic acids is 1. The monoisotopic (exact) mass is 301 g/mol. The number of rotatable bonds is 9. The number of likely N-dealkylation sites (N-methyl/N-ethyl adjacent to an activating group) is 1. The number of carboxylic acid groups (broad SMARTS) is 1. The number of hydrogen-bond acceptors (Lipinski definition) is 5. The maximum absolute atomic E-state index is 11.6. The second-order valence-electron chi connectivity index (χ2n) is 4.93. The molecule has 2 amide bonds. The molecular formula is C13H23N3O5. The van der Waals surface area contributed by atoms with Crippen LogP contribution in [0.3, 0.4) is 0 Å². The quantitative estimate of drug-likeness (QED) is 0.508. The minimum atomic E-state index is -1.29. The molecule has 0 unspecified atom stereocenters. The topological polar surface area (TPSA) is 108 Å². The molecule has 8 nitrogen and oxygen atoms in total. The van der Waals surface area contributed by atoms with E-state index in [-0.39, 0.29) is 0 Å². The average molecular weight is 301 g/mol. The zero-order valence-corrected chi connectivity index (χ0v) is 12.4. The number of nitrogens with one attached hydrogen (secondary N) is 2. The lowest BCUT2D eigenvalue weighted by atomic mass is 10.2. The van der Waals surface area contributed by atoms with Crippen LogP contribution in [0, 0.1) is 0 Å². The first kappa shape index (κ1) is 17.2. The summed E-state index contributed by atoms with van der Waals surface area (Å²) in [7, 11) is 1.17. The van der Waals surface area contributed by atoms with Gasteiger partial charge in [0.05, 0.1) is 13.5 Å². The fourth-order valence-corrected chi connectivity index (χ4v) is 2.01. The number of methoxy groups -OCH3 is 1. The fourth-order valence-electron chi connectivity index (χ4n) is 2.01. The van der Waals surface area contributed by atoms with Crippen molar-refractivity contribution in [2.75, 3.05) is 26.7 Å². The zero-order valence-electron chi connectivity index (χ0n) is 12.4. The molecule has 0 aliphatic heterocycles. The maximum Gasteiger partial charge on any atom is 0.326 e. The third-order valence-corrected chi connectivity index (χ3v) is 3.36. The molecular weight excluding hydrogens is 278 g/mol.